The highest BCUT2D eigenvalue weighted by Crippen LogP contribution is 2.13. The summed E-state index contributed by atoms with van der Waals surface area (Å²) in [6.45, 7) is 2.76. The van der Waals surface area contributed by atoms with Crippen LogP contribution in [0, 0.1) is 5.92 Å². The summed E-state index contributed by atoms with van der Waals surface area (Å²) in [5.41, 5.74) is 1.18. The van der Waals surface area contributed by atoms with Gasteiger partial charge in [-0.05, 0) is 23.4 Å². The first-order chi connectivity index (χ1) is 11.6. The summed E-state index contributed by atoms with van der Waals surface area (Å²) in [7, 11) is 1.38. The number of carbonyl (C=O) groups excluding carboxylic acids is 2. The number of benzene rings is 1. The van der Waals surface area contributed by atoms with E-state index in [0.29, 0.717) is 19.5 Å². The van der Waals surface area contributed by atoms with Gasteiger partial charge in [-0.3, -0.25) is 9.59 Å². The highest BCUT2D eigenvalue weighted by atomic mass is 32.1. The third kappa shape index (κ3) is 5.49. The van der Waals surface area contributed by atoms with Crippen LogP contribution in [0.3, 0.4) is 0 Å². The van der Waals surface area contributed by atoms with Crippen molar-refractivity contribution >= 4 is 23.2 Å². The topological polar surface area (TPSA) is 46.6 Å². The van der Waals surface area contributed by atoms with E-state index in [1.54, 1.807) is 23.2 Å². The molecule has 1 unspecified atom stereocenters. The molecule has 128 valence electrons. The minimum absolute atomic E-state index is 0.0455. The van der Waals surface area contributed by atoms with Gasteiger partial charge in [-0.1, -0.05) is 43.3 Å². The molecule has 4 nitrogen and oxygen atoms in total. The van der Waals surface area contributed by atoms with Crippen LogP contribution >= 0.6 is 11.3 Å². The Morgan fingerprint density at radius 3 is 2.54 bits per heavy atom. The van der Waals surface area contributed by atoms with Crippen LogP contribution in [0.2, 0.25) is 0 Å². The molecule has 0 aliphatic rings. The lowest BCUT2D eigenvalue weighted by molar-refractivity contribution is -0.146. The van der Waals surface area contributed by atoms with Crippen molar-refractivity contribution in [2.24, 2.45) is 5.92 Å². The molecular formula is C19H23NO3S. The Morgan fingerprint density at radius 2 is 1.92 bits per heavy atom. The number of carbonyl (C=O) groups is 2. The molecular weight excluding hydrogens is 322 g/mol. The second kappa shape index (κ2) is 9.23. The smallest absolute Gasteiger partial charge is 0.310 e. The predicted molar refractivity (Wildman–Crippen MR) is 95.9 cm³/mol. The molecule has 0 saturated heterocycles. The minimum atomic E-state index is -0.335. The van der Waals surface area contributed by atoms with Gasteiger partial charge in [0.05, 0.1) is 19.4 Å². The molecule has 5 heteroatoms. The zero-order chi connectivity index (χ0) is 17.4. The van der Waals surface area contributed by atoms with Gasteiger partial charge in [0.2, 0.25) is 5.91 Å². The Hall–Kier alpha value is -2.14. The molecule has 0 aliphatic carbocycles. The Kier molecular flexibility index (Phi) is 7.00. The number of methoxy groups -OCH3 is 1. The molecule has 1 heterocycles. The van der Waals surface area contributed by atoms with E-state index in [2.05, 4.69) is 0 Å². The minimum Gasteiger partial charge on any atom is -0.469 e. The summed E-state index contributed by atoms with van der Waals surface area (Å²) in [5, 5.41) is 1.97. The molecule has 1 aromatic heterocycles. The van der Waals surface area contributed by atoms with Gasteiger partial charge in [0.1, 0.15) is 0 Å². The largest absolute Gasteiger partial charge is 0.469 e. The van der Waals surface area contributed by atoms with Crippen LogP contribution in [-0.4, -0.2) is 37.0 Å². The zero-order valence-electron chi connectivity index (χ0n) is 14.1. The highest BCUT2D eigenvalue weighted by Gasteiger charge is 2.21. The molecule has 0 bridgehead atoms. The van der Waals surface area contributed by atoms with Crippen LogP contribution < -0.4 is 0 Å². The van der Waals surface area contributed by atoms with Crippen molar-refractivity contribution in [1.29, 1.82) is 0 Å². The Bertz CT molecular complexity index is 640. The lowest BCUT2D eigenvalue weighted by atomic mass is 10.1. The third-order valence-corrected chi connectivity index (χ3v) is 4.75. The summed E-state index contributed by atoms with van der Waals surface area (Å²) < 4.78 is 4.79. The van der Waals surface area contributed by atoms with Crippen molar-refractivity contribution in [2.75, 3.05) is 20.2 Å². The SMILES string of the molecule is COC(=O)C(C)CN(CCc1ccccc1)C(=O)Cc1cccs1. The van der Waals surface area contributed by atoms with Crippen LogP contribution in [0.15, 0.2) is 47.8 Å². The van der Waals surface area contributed by atoms with E-state index in [0.717, 1.165) is 11.3 Å². The Labute approximate surface area is 147 Å². The Morgan fingerprint density at radius 1 is 1.17 bits per heavy atom. The molecule has 2 rings (SSSR count). The number of hydrogen-bond acceptors (Lipinski definition) is 4. The van der Waals surface area contributed by atoms with E-state index in [-0.39, 0.29) is 17.8 Å². The summed E-state index contributed by atoms with van der Waals surface area (Å²) in [4.78, 5) is 27.2. The number of esters is 1. The van der Waals surface area contributed by atoms with Gasteiger partial charge in [-0.15, -0.1) is 11.3 Å². The summed E-state index contributed by atoms with van der Waals surface area (Å²) in [5.74, 6) is -0.578. The van der Waals surface area contributed by atoms with Crippen LogP contribution in [0.1, 0.15) is 17.4 Å². The molecule has 0 fully saturated rings. The lowest BCUT2D eigenvalue weighted by Crippen LogP contribution is -2.39. The van der Waals surface area contributed by atoms with E-state index >= 15 is 0 Å². The van der Waals surface area contributed by atoms with Gasteiger partial charge in [0.15, 0.2) is 0 Å². The van der Waals surface area contributed by atoms with Gasteiger partial charge in [0.25, 0.3) is 0 Å². The van der Waals surface area contributed by atoms with Gasteiger partial charge in [-0.2, -0.15) is 0 Å². The van der Waals surface area contributed by atoms with Crippen LogP contribution in [0.5, 0.6) is 0 Å². The first-order valence-corrected chi connectivity index (χ1v) is 8.90. The molecule has 0 radical (unpaired) electrons. The van der Waals surface area contributed by atoms with Crippen molar-refractivity contribution in [1.82, 2.24) is 4.90 Å². The summed E-state index contributed by atoms with van der Waals surface area (Å²) in [6.07, 6.45) is 1.14. The number of nitrogens with zero attached hydrogens (tertiary/aromatic N) is 1. The van der Waals surface area contributed by atoms with E-state index in [1.165, 1.54) is 12.7 Å². The first-order valence-electron chi connectivity index (χ1n) is 8.02. The zero-order valence-corrected chi connectivity index (χ0v) is 14.9. The molecule has 0 spiro atoms. The predicted octanol–water partition coefficient (Wildman–Crippen LogP) is 3.17. The van der Waals surface area contributed by atoms with Gasteiger partial charge >= 0.3 is 5.97 Å². The maximum Gasteiger partial charge on any atom is 0.310 e. The fourth-order valence-corrected chi connectivity index (χ4v) is 3.20. The standard InChI is InChI=1S/C19H23NO3S/c1-15(19(22)23-2)14-20(11-10-16-7-4-3-5-8-16)18(21)13-17-9-6-12-24-17/h3-9,12,15H,10-11,13-14H2,1-2H3. The van der Waals surface area contributed by atoms with Crippen molar-refractivity contribution in [3.63, 3.8) is 0 Å². The first kappa shape index (κ1) is 18.2. The number of hydrogen-bond donors (Lipinski definition) is 0. The maximum atomic E-state index is 12.7. The summed E-state index contributed by atoms with van der Waals surface area (Å²) in [6, 6.07) is 14.0. The average Bonchev–Trinajstić information content (AvgIpc) is 3.11. The number of amides is 1. The number of thiophene rings is 1. The molecule has 0 aliphatic heterocycles. The second-order valence-electron chi connectivity index (χ2n) is 5.76. The molecule has 1 atom stereocenters. The van der Waals surface area contributed by atoms with E-state index in [1.807, 2.05) is 47.8 Å². The van der Waals surface area contributed by atoms with Crippen molar-refractivity contribution in [2.45, 2.75) is 19.8 Å². The molecule has 0 saturated carbocycles. The summed E-state index contributed by atoms with van der Waals surface area (Å²) >= 11 is 1.57. The van der Waals surface area contributed by atoms with Gasteiger partial charge in [0, 0.05) is 18.0 Å². The second-order valence-corrected chi connectivity index (χ2v) is 6.79. The molecule has 2 aromatic rings. The third-order valence-electron chi connectivity index (χ3n) is 3.87. The molecule has 1 aromatic carbocycles. The van der Waals surface area contributed by atoms with E-state index in [4.69, 9.17) is 4.74 Å². The van der Waals surface area contributed by atoms with Crippen LogP contribution in [-0.2, 0) is 27.2 Å². The lowest BCUT2D eigenvalue weighted by Gasteiger charge is -2.25. The van der Waals surface area contributed by atoms with Crippen molar-refractivity contribution < 1.29 is 14.3 Å². The quantitative estimate of drug-likeness (QED) is 0.691. The van der Waals surface area contributed by atoms with Crippen molar-refractivity contribution in [3.05, 3.63) is 58.3 Å². The van der Waals surface area contributed by atoms with Crippen LogP contribution in [0.4, 0.5) is 0 Å². The maximum absolute atomic E-state index is 12.7. The molecule has 1 amide bonds. The molecule has 0 N–H and O–H groups in total. The van der Waals surface area contributed by atoms with Crippen molar-refractivity contribution in [3.8, 4) is 0 Å². The van der Waals surface area contributed by atoms with Gasteiger partial charge < -0.3 is 9.64 Å². The van der Waals surface area contributed by atoms with Crippen LogP contribution in [0.25, 0.3) is 0 Å². The highest BCUT2D eigenvalue weighted by molar-refractivity contribution is 7.10. The molecule has 24 heavy (non-hydrogen) atoms. The fourth-order valence-electron chi connectivity index (χ4n) is 2.51. The fraction of sp³-hybridized carbons (Fsp3) is 0.368. The average molecular weight is 345 g/mol. The normalized spacial score (nSPS) is 11.8. The monoisotopic (exact) mass is 345 g/mol. The Balaban J connectivity index is 2.02. The number of ether oxygens (including phenoxy) is 1. The van der Waals surface area contributed by atoms with E-state index in [9.17, 15) is 9.59 Å². The van der Waals surface area contributed by atoms with E-state index < -0.39 is 0 Å². The number of rotatable bonds is 8. The van der Waals surface area contributed by atoms with Gasteiger partial charge in [-0.25, -0.2) is 0 Å².